The molecule has 2 heterocycles. The molecule has 5 aromatic rings. The minimum Gasteiger partial charge on any atom is -0.508 e. The van der Waals surface area contributed by atoms with E-state index in [2.05, 4.69) is 9.97 Å². The van der Waals surface area contributed by atoms with Gasteiger partial charge in [-0.05, 0) is 56.7 Å². The first-order chi connectivity index (χ1) is 17.2. The van der Waals surface area contributed by atoms with E-state index in [1.807, 2.05) is 75.4 Å². The van der Waals surface area contributed by atoms with Crippen molar-refractivity contribution in [2.75, 3.05) is 0 Å². The van der Waals surface area contributed by atoms with Crippen molar-refractivity contribution in [3.8, 4) is 5.75 Å². The van der Waals surface area contributed by atoms with Crippen LogP contribution in [0.2, 0.25) is 0 Å². The second-order valence-electron chi connectivity index (χ2n) is 8.06. The van der Waals surface area contributed by atoms with Gasteiger partial charge in [-0.3, -0.25) is 9.97 Å². The summed E-state index contributed by atoms with van der Waals surface area (Å²) in [5, 5.41) is 28.5. The first-order valence-corrected chi connectivity index (χ1v) is 11.1. The average molecular weight is 552 g/mol. The second kappa shape index (κ2) is 13.2. The van der Waals surface area contributed by atoms with Crippen molar-refractivity contribution in [1.82, 2.24) is 9.97 Å². The molecule has 185 valence electrons. The molecule has 7 nitrogen and oxygen atoms in total. The van der Waals surface area contributed by atoms with E-state index in [0.29, 0.717) is 16.8 Å². The van der Waals surface area contributed by atoms with Crippen LogP contribution < -0.4 is 0 Å². The number of carboxylic acids is 2. The molecule has 0 aliphatic heterocycles. The summed E-state index contributed by atoms with van der Waals surface area (Å²) in [7, 11) is 0. The van der Waals surface area contributed by atoms with E-state index in [9.17, 15) is 9.59 Å². The van der Waals surface area contributed by atoms with E-state index in [4.69, 9.17) is 15.3 Å². The number of aromatic hydroxyl groups is 1. The molecule has 0 unspecified atom stereocenters. The largest absolute Gasteiger partial charge is 0.508 e. The van der Waals surface area contributed by atoms with Crippen LogP contribution in [0.5, 0.6) is 5.75 Å². The van der Waals surface area contributed by atoms with E-state index in [-0.39, 0.29) is 30.9 Å². The van der Waals surface area contributed by atoms with Gasteiger partial charge in [0.15, 0.2) is 0 Å². The minimum atomic E-state index is -0.936. The van der Waals surface area contributed by atoms with Gasteiger partial charge in [0.2, 0.25) is 0 Å². The quantitative estimate of drug-likeness (QED) is 0.237. The number of aromatic carboxylic acids is 2. The third kappa shape index (κ3) is 7.67. The summed E-state index contributed by atoms with van der Waals surface area (Å²) < 4.78 is 0. The Morgan fingerprint density at radius 1 is 0.595 bits per heavy atom. The molecule has 8 heteroatoms. The molecular formula is C29H26GaN2O5. The summed E-state index contributed by atoms with van der Waals surface area (Å²) in [6, 6.07) is 25.0. The fourth-order valence-electron chi connectivity index (χ4n) is 3.40. The van der Waals surface area contributed by atoms with Crippen LogP contribution in [0.1, 0.15) is 37.7 Å². The molecule has 37 heavy (non-hydrogen) atoms. The second-order valence-corrected chi connectivity index (χ2v) is 8.06. The normalized spacial score (nSPS) is 9.81. The molecule has 3 N–H and O–H groups in total. The van der Waals surface area contributed by atoms with Crippen LogP contribution in [-0.4, -0.2) is 57.0 Å². The molecule has 0 aliphatic carbocycles. The van der Waals surface area contributed by atoms with Gasteiger partial charge in [0, 0.05) is 42.0 Å². The number of hydrogen-bond acceptors (Lipinski definition) is 5. The Balaban J connectivity index is 0.000000200. The van der Waals surface area contributed by atoms with Crippen LogP contribution in [0.25, 0.3) is 21.8 Å². The molecule has 0 saturated heterocycles. The van der Waals surface area contributed by atoms with Crippen molar-refractivity contribution in [2.45, 2.75) is 20.8 Å². The zero-order chi connectivity index (χ0) is 26.2. The number of para-hydroxylation sites is 3. The Labute approximate surface area is 227 Å². The third-order valence-electron chi connectivity index (χ3n) is 5.30. The number of phenols is 1. The van der Waals surface area contributed by atoms with Crippen LogP contribution in [-0.2, 0) is 0 Å². The van der Waals surface area contributed by atoms with Gasteiger partial charge in [-0.1, -0.05) is 54.6 Å². The zero-order valence-electron chi connectivity index (χ0n) is 20.7. The van der Waals surface area contributed by atoms with Crippen molar-refractivity contribution in [3.05, 3.63) is 113 Å². The summed E-state index contributed by atoms with van der Waals surface area (Å²) in [4.78, 5) is 30.2. The number of carboxylic acid groups (broad SMARTS) is 2. The third-order valence-corrected chi connectivity index (χ3v) is 5.30. The number of fused-ring (bicyclic) bond motifs is 2. The topological polar surface area (TPSA) is 121 Å². The monoisotopic (exact) mass is 551 g/mol. The number of nitrogens with zero attached hydrogens (tertiary/aromatic N) is 2. The van der Waals surface area contributed by atoms with Gasteiger partial charge in [0.05, 0.1) is 22.2 Å². The van der Waals surface area contributed by atoms with Gasteiger partial charge >= 0.3 is 11.9 Å². The van der Waals surface area contributed by atoms with Crippen LogP contribution in [0.3, 0.4) is 0 Å². The molecule has 0 atom stereocenters. The molecule has 0 bridgehead atoms. The maximum absolute atomic E-state index is 10.9. The summed E-state index contributed by atoms with van der Waals surface area (Å²) in [5.41, 5.74) is 4.20. The van der Waals surface area contributed by atoms with E-state index < -0.39 is 11.9 Å². The molecule has 0 spiro atoms. The number of rotatable bonds is 2. The fraction of sp³-hybridized carbons (Fsp3) is 0.103. The van der Waals surface area contributed by atoms with Gasteiger partial charge in [0.1, 0.15) is 5.75 Å². The molecular weight excluding hydrogens is 526 g/mol. The predicted octanol–water partition coefficient (Wildman–Crippen LogP) is 5.80. The van der Waals surface area contributed by atoms with Gasteiger partial charge in [-0.2, -0.15) is 0 Å². The van der Waals surface area contributed by atoms with Crippen molar-refractivity contribution < 1.29 is 24.9 Å². The van der Waals surface area contributed by atoms with Crippen LogP contribution in [0.4, 0.5) is 0 Å². The Hall–Kier alpha value is -4.14. The zero-order valence-corrected chi connectivity index (χ0v) is 23.1. The first-order valence-electron chi connectivity index (χ1n) is 11.1. The Morgan fingerprint density at radius 2 is 1.03 bits per heavy atom. The van der Waals surface area contributed by atoms with Gasteiger partial charge in [-0.15, -0.1) is 0 Å². The Morgan fingerprint density at radius 3 is 1.38 bits per heavy atom. The number of hydrogen-bond donors (Lipinski definition) is 3. The standard InChI is InChI=1S/2C11H9NO2.C7H8O.Ga/c2*1-7-5-6-8-3-2-4-9(11(13)14)10(8)12-7;1-6-4-2-3-5-7(6)8;/h2*2-6H,1H3,(H,13,14);2-5,8H,1H3;. The van der Waals surface area contributed by atoms with E-state index >= 15 is 0 Å². The number of pyridine rings is 2. The number of carbonyl (C=O) groups is 2. The number of aromatic nitrogens is 2. The predicted molar refractivity (Wildman–Crippen MR) is 145 cm³/mol. The molecule has 5 rings (SSSR count). The summed E-state index contributed by atoms with van der Waals surface area (Å²) in [6.07, 6.45) is 0. The molecule has 0 fully saturated rings. The van der Waals surface area contributed by atoms with Crippen molar-refractivity contribution in [3.63, 3.8) is 0 Å². The molecule has 0 saturated carbocycles. The molecule has 0 amide bonds. The van der Waals surface area contributed by atoms with Crippen LogP contribution in [0, 0.1) is 20.8 Å². The average Bonchev–Trinajstić information content (AvgIpc) is 2.85. The molecule has 3 radical (unpaired) electrons. The first kappa shape index (κ1) is 29.1. The van der Waals surface area contributed by atoms with E-state index in [1.165, 1.54) is 0 Å². The summed E-state index contributed by atoms with van der Waals surface area (Å²) >= 11 is 0. The Bertz CT molecular complexity index is 1440. The van der Waals surface area contributed by atoms with Crippen molar-refractivity contribution in [2.24, 2.45) is 0 Å². The van der Waals surface area contributed by atoms with Gasteiger partial charge in [-0.25, -0.2) is 9.59 Å². The van der Waals surface area contributed by atoms with Crippen LogP contribution in [0.15, 0.2) is 84.9 Å². The summed E-state index contributed by atoms with van der Waals surface area (Å²) in [6.45, 7) is 5.56. The number of phenolic OH excluding ortho intramolecular Hbond substituents is 1. The Kier molecular flexibility index (Phi) is 10.4. The molecule has 2 aromatic heterocycles. The summed E-state index contributed by atoms with van der Waals surface area (Å²) in [5.74, 6) is -1.50. The van der Waals surface area contributed by atoms with Gasteiger partial charge in [0.25, 0.3) is 0 Å². The van der Waals surface area contributed by atoms with Crippen molar-refractivity contribution >= 4 is 53.5 Å². The minimum absolute atomic E-state index is 0. The fourth-order valence-corrected chi connectivity index (χ4v) is 3.40. The van der Waals surface area contributed by atoms with E-state index in [0.717, 1.165) is 27.7 Å². The van der Waals surface area contributed by atoms with Gasteiger partial charge < -0.3 is 15.3 Å². The SMILES string of the molecule is Cc1ccc2cccc(C(=O)O)c2n1.Cc1ccc2cccc(C(=O)O)c2n1.Cc1ccccc1O.[Ga]. The van der Waals surface area contributed by atoms with E-state index in [1.54, 1.807) is 30.3 Å². The number of aryl methyl sites for hydroxylation is 3. The molecule has 0 aliphatic rings. The maximum Gasteiger partial charge on any atom is 0.337 e. The molecule has 3 aromatic carbocycles. The maximum atomic E-state index is 10.9. The van der Waals surface area contributed by atoms with Crippen LogP contribution >= 0.6 is 0 Å². The van der Waals surface area contributed by atoms with Crippen molar-refractivity contribution in [1.29, 1.82) is 0 Å². The smallest absolute Gasteiger partial charge is 0.337 e. The number of benzene rings is 3.